The Bertz CT molecular complexity index is 1100. The van der Waals surface area contributed by atoms with Crippen LogP contribution in [0.1, 0.15) is 10.4 Å². The summed E-state index contributed by atoms with van der Waals surface area (Å²) >= 11 is 0. The van der Waals surface area contributed by atoms with Crippen LogP contribution < -0.4 is 11.0 Å². The Morgan fingerprint density at radius 3 is 2.28 bits per heavy atom. The van der Waals surface area contributed by atoms with Gasteiger partial charge in [0.15, 0.2) is 0 Å². The van der Waals surface area contributed by atoms with Crippen LogP contribution in [0.5, 0.6) is 0 Å². The van der Waals surface area contributed by atoms with Crippen molar-refractivity contribution >= 4 is 32.5 Å². The summed E-state index contributed by atoms with van der Waals surface area (Å²) < 4.78 is 47.7. The number of nitrogens with one attached hydrogen (secondary N) is 3. The fourth-order valence-corrected chi connectivity index (χ4v) is 2.93. The van der Waals surface area contributed by atoms with Crippen LogP contribution in [0.15, 0.2) is 52.2 Å². The van der Waals surface area contributed by atoms with Gasteiger partial charge in [-0.3, -0.25) is 4.79 Å². The van der Waals surface area contributed by atoms with E-state index in [9.17, 15) is 26.8 Å². The van der Waals surface area contributed by atoms with Crippen molar-refractivity contribution in [1.82, 2.24) is 9.97 Å². The van der Waals surface area contributed by atoms with E-state index in [1.165, 1.54) is 0 Å². The number of aromatic nitrogens is 2. The second kappa shape index (κ2) is 6.13. The Morgan fingerprint density at radius 1 is 1.00 bits per heavy atom. The highest BCUT2D eigenvalue weighted by molar-refractivity contribution is 7.91. The summed E-state index contributed by atoms with van der Waals surface area (Å²) in [6.45, 7) is 0. The lowest BCUT2D eigenvalue weighted by Gasteiger charge is -2.07. The number of alkyl halides is 2. The zero-order valence-corrected chi connectivity index (χ0v) is 13.2. The van der Waals surface area contributed by atoms with Crippen molar-refractivity contribution in [3.05, 3.63) is 58.5 Å². The fourth-order valence-electron chi connectivity index (χ4n) is 2.21. The van der Waals surface area contributed by atoms with Gasteiger partial charge in [-0.2, -0.15) is 8.78 Å². The molecule has 3 aromatic rings. The molecule has 0 bridgehead atoms. The Balaban J connectivity index is 1.81. The average molecular weight is 367 g/mol. The van der Waals surface area contributed by atoms with Crippen LogP contribution in [-0.2, 0) is 9.84 Å². The molecule has 1 amide bonds. The summed E-state index contributed by atoms with van der Waals surface area (Å²) in [7, 11) is -4.70. The van der Waals surface area contributed by atoms with E-state index in [0.717, 1.165) is 24.3 Å². The van der Waals surface area contributed by atoms with Gasteiger partial charge in [-0.05, 0) is 42.5 Å². The Hall–Kier alpha value is -3.01. The molecule has 0 saturated heterocycles. The van der Waals surface area contributed by atoms with Crippen molar-refractivity contribution in [2.75, 3.05) is 5.32 Å². The van der Waals surface area contributed by atoms with Gasteiger partial charge < -0.3 is 15.3 Å². The first-order valence-corrected chi connectivity index (χ1v) is 8.47. The van der Waals surface area contributed by atoms with E-state index in [0.29, 0.717) is 16.7 Å². The number of sulfone groups is 1. The summed E-state index contributed by atoms with van der Waals surface area (Å²) in [5.74, 6) is -4.08. The number of hydrogen-bond acceptors (Lipinski definition) is 4. The van der Waals surface area contributed by atoms with Crippen LogP contribution in [0.2, 0.25) is 0 Å². The highest BCUT2D eigenvalue weighted by atomic mass is 32.2. The molecular formula is C15H11F2N3O4S. The number of carbonyl (C=O) groups is 1. The molecule has 0 radical (unpaired) electrons. The first-order valence-electron chi connectivity index (χ1n) is 6.93. The Kier molecular flexibility index (Phi) is 4.13. The zero-order valence-electron chi connectivity index (χ0n) is 12.4. The van der Waals surface area contributed by atoms with E-state index < -0.39 is 26.4 Å². The number of H-pyrrole nitrogens is 2. The van der Waals surface area contributed by atoms with Crippen LogP contribution in [0.3, 0.4) is 0 Å². The molecule has 0 aliphatic heterocycles. The third-order valence-electron chi connectivity index (χ3n) is 3.45. The summed E-state index contributed by atoms with van der Waals surface area (Å²) in [4.78, 5) is 27.9. The highest BCUT2D eigenvalue weighted by Gasteiger charge is 2.26. The van der Waals surface area contributed by atoms with E-state index in [1.54, 1.807) is 18.2 Å². The minimum absolute atomic E-state index is 0.0934. The van der Waals surface area contributed by atoms with Gasteiger partial charge in [-0.1, -0.05) is 0 Å². The van der Waals surface area contributed by atoms with E-state index >= 15 is 0 Å². The molecule has 130 valence electrons. The van der Waals surface area contributed by atoms with Crippen molar-refractivity contribution in [2.24, 2.45) is 0 Å². The molecule has 0 fully saturated rings. The number of imidazole rings is 1. The molecule has 25 heavy (non-hydrogen) atoms. The molecule has 3 rings (SSSR count). The molecule has 0 unspecified atom stereocenters. The van der Waals surface area contributed by atoms with Gasteiger partial charge >= 0.3 is 11.4 Å². The average Bonchev–Trinajstić information content (AvgIpc) is 2.94. The highest BCUT2D eigenvalue weighted by Crippen LogP contribution is 2.20. The molecular weight excluding hydrogens is 356 g/mol. The van der Waals surface area contributed by atoms with Crippen molar-refractivity contribution in [1.29, 1.82) is 0 Å². The van der Waals surface area contributed by atoms with E-state index in [1.807, 2.05) is 0 Å². The van der Waals surface area contributed by atoms with Gasteiger partial charge in [0.25, 0.3) is 5.91 Å². The van der Waals surface area contributed by atoms with Crippen LogP contribution in [0.4, 0.5) is 14.5 Å². The lowest BCUT2D eigenvalue weighted by Crippen LogP contribution is -2.14. The number of anilines is 1. The number of benzene rings is 2. The maximum Gasteiger partial charge on any atom is 0.341 e. The molecule has 7 nitrogen and oxygen atoms in total. The van der Waals surface area contributed by atoms with Crippen LogP contribution in [0, 0.1) is 0 Å². The first-order chi connectivity index (χ1) is 11.8. The van der Waals surface area contributed by atoms with Gasteiger partial charge in [0.2, 0.25) is 9.84 Å². The molecule has 0 atom stereocenters. The van der Waals surface area contributed by atoms with Crippen molar-refractivity contribution in [3.63, 3.8) is 0 Å². The summed E-state index contributed by atoms with van der Waals surface area (Å²) in [5.41, 5.74) is 1.19. The fraction of sp³-hybridized carbons (Fsp3) is 0.0667. The lowest BCUT2D eigenvalue weighted by atomic mass is 10.2. The van der Waals surface area contributed by atoms with Crippen LogP contribution in [0.25, 0.3) is 11.0 Å². The monoisotopic (exact) mass is 367 g/mol. The second-order valence-corrected chi connectivity index (χ2v) is 7.04. The lowest BCUT2D eigenvalue weighted by molar-refractivity contribution is 0.102. The SMILES string of the molecule is O=C(Nc1ccc2[nH]c(=O)[nH]c2c1)c1ccc(S(=O)(=O)C(F)F)cc1. The number of hydrogen-bond donors (Lipinski definition) is 3. The predicted molar refractivity (Wildman–Crippen MR) is 86.5 cm³/mol. The van der Waals surface area contributed by atoms with Crippen molar-refractivity contribution in [3.8, 4) is 0 Å². The van der Waals surface area contributed by atoms with E-state index in [-0.39, 0.29) is 11.3 Å². The molecule has 0 aliphatic carbocycles. The largest absolute Gasteiger partial charge is 0.341 e. The number of halogens is 2. The smallest absolute Gasteiger partial charge is 0.322 e. The van der Waals surface area contributed by atoms with E-state index in [2.05, 4.69) is 15.3 Å². The number of carbonyl (C=O) groups excluding carboxylic acids is 1. The molecule has 1 aromatic heterocycles. The number of aromatic amines is 2. The van der Waals surface area contributed by atoms with Crippen LogP contribution in [-0.4, -0.2) is 30.1 Å². The third kappa shape index (κ3) is 3.29. The Morgan fingerprint density at radius 2 is 1.64 bits per heavy atom. The minimum atomic E-state index is -4.70. The molecule has 10 heteroatoms. The van der Waals surface area contributed by atoms with Crippen molar-refractivity contribution < 1.29 is 22.0 Å². The minimum Gasteiger partial charge on any atom is -0.322 e. The molecule has 0 saturated carbocycles. The maximum atomic E-state index is 12.5. The third-order valence-corrected chi connectivity index (χ3v) is 4.85. The topological polar surface area (TPSA) is 112 Å². The Labute approximate surface area is 139 Å². The number of amides is 1. The first kappa shape index (κ1) is 16.8. The van der Waals surface area contributed by atoms with Crippen molar-refractivity contribution in [2.45, 2.75) is 10.7 Å². The number of fused-ring (bicyclic) bond motifs is 1. The number of rotatable bonds is 4. The quantitative estimate of drug-likeness (QED) is 0.655. The normalized spacial score (nSPS) is 11.8. The van der Waals surface area contributed by atoms with Gasteiger partial charge in [0.1, 0.15) is 0 Å². The standard InChI is InChI=1S/C15H11F2N3O4S/c16-14(17)25(23,24)10-4-1-8(2-5-10)13(21)18-9-3-6-11-12(7-9)20-15(22)19-11/h1-7,14H,(H,18,21)(H2,19,20,22). The maximum absolute atomic E-state index is 12.5. The molecule has 0 spiro atoms. The zero-order chi connectivity index (χ0) is 18.2. The molecule has 1 heterocycles. The predicted octanol–water partition coefficient (Wildman–Crippen LogP) is 2.10. The van der Waals surface area contributed by atoms with Gasteiger partial charge in [0.05, 0.1) is 15.9 Å². The molecule has 0 aliphatic rings. The summed E-state index contributed by atoms with van der Waals surface area (Å²) in [6.07, 6.45) is 0. The van der Waals surface area contributed by atoms with Gasteiger partial charge in [0, 0.05) is 11.3 Å². The molecule has 3 N–H and O–H groups in total. The van der Waals surface area contributed by atoms with Gasteiger partial charge in [-0.15, -0.1) is 0 Å². The molecule has 2 aromatic carbocycles. The summed E-state index contributed by atoms with van der Waals surface area (Å²) in [6, 6.07) is 8.89. The van der Waals surface area contributed by atoms with Crippen LogP contribution >= 0.6 is 0 Å². The second-order valence-electron chi connectivity index (χ2n) is 5.12. The van der Waals surface area contributed by atoms with E-state index in [4.69, 9.17) is 0 Å². The van der Waals surface area contributed by atoms with Gasteiger partial charge in [-0.25, -0.2) is 13.2 Å². The summed E-state index contributed by atoms with van der Waals surface area (Å²) in [5, 5.41) is 2.57.